The highest BCUT2D eigenvalue weighted by Gasteiger charge is 2.35. The fourth-order valence-corrected chi connectivity index (χ4v) is 5.03. The first kappa shape index (κ1) is 25.9. The van der Waals surface area contributed by atoms with Crippen LogP contribution in [0.5, 0.6) is 0 Å². The Morgan fingerprint density at radius 3 is 2.67 bits per heavy atom. The van der Waals surface area contributed by atoms with Crippen molar-refractivity contribution in [2.75, 3.05) is 13.1 Å². The molecule has 1 aromatic carbocycles. The van der Waals surface area contributed by atoms with Gasteiger partial charge in [-0.1, -0.05) is 47.1 Å². The number of likely N-dealkylation sites (tertiary alicyclic amines) is 1. The van der Waals surface area contributed by atoms with Gasteiger partial charge >= 0.3 is 6.18 Å². The molecule has 0 unspecified atom stereocenters. The number of carbonyl (C=O) groups is 1. The number of hydrogen-bond acceptors (Lipinski definition) is 6. The number of piperidine rings is 1. The fourth-order valence-electron chi connectivity index (χ4n) is 3.87. The number of carbonyl (C=O) groups excluding carboxylic acids is 1. The van der Waals surface area contributed by atoms with Crippen molar-refractivity contribution in [1.82, 2.24) is 14.5 Å². The second-order valence-electron chi connectivity index (χ2n) is 8.26. The number of amides is 1. The van der Waals surface area contributed by atoms with Crippen molar-refractivity contribution in [3.8, 4) is 0 Å². The van der Waals surface area contributed by atoms with E-state index in [9.17, 15) is 22.8 Å². The van der Waals surface area contributed by atoms with Gasteiger partial charge in [0.1, 0.15) is 18.7 Å². The average molecular weight is 539 g/mol. The van der Waals surface area contributed by atoms with Crippen molar-refractivity contribution in [3.05, 3.63) is 85.2 Å². The maximum atomic E-state index is 13.1. The largest absolute Gasteiger partial charge is 0.421 e. The molecule has 36 heavy (non-hydrogen) atoms. The number of aromatic nitrogens is 2. The fraction of sp³-hybridized carbons (Fsp3) is 0.333. The summed E-state index contributed by atoms with van der Waals surface area (Å²) in [7, 11) is 0. The molecule has 1 aliphatic rings. The number of nitrogens with zero attached hydrogens (tertiary/aromatic N) is 4. The molecule has 190 valence electrons. The molecule has 3 aromatic rings. The van der Waals surface area contributed by atoms with Gasteiger partial charge in [0, 0.05) is 30.6 Å². The number of thiazole rings is 1. The van der Waals surface area contributed by atoms with Gasteiger partial charge < -0.3 is 14.3 Å². The Kier molecular flexibility index (Phi) is 8.10. The van der Waals surface area contributed by atoms with E-state index in [1.807, 2.05) is 35.7 Å². The third-order valence-electron chi connectivity index (χ3n) is 5.73. The average Bonchev–Trinajstić information content (AvgIpc) is 3.33. The molecule has 12 heteroatoms. The Morgan fingerprint density at radius 2 is 1.97 bits per heavy atom. The Labute approximate surface area is 213 Å². The highest BCUT2D eigenvalue weighted by atomic mass is 35.5. The predicted octanol–water partition coefficient (Wildman–Crippen LogP) is 4.93. The molecule has 0 aliphatic carbocycles. The first-order valence-corrected chi connectivity index (χ1v) is 12.4. The number of benzene rings is 1. The minimum atomic E-state index is -4.85. The molecular weight excluding hydrogens is 517 g/mol. The van der Waals surface area contributed by atoms with Crippen LogP contribution in [0.1, 0.15) is 40.6 Å². The highest BCUT2D eigenvalue weighted by molar-refractivity contribution is 7.09. The van der Waals surface area contributed by atoms with Crippen LogP contribution in [-0.4, -0.2) is 39.7 Å². The smallest absolute Gasteiger partial charge is 0.391 e. The van der Waals surface area contributed by atoms with Crippen molar-refractivity contribution >= 4 is 35.1 Å². The lowest BCUT2D eigenvalue weighted by Crippen LogP contribution is -2.41. The predicted molar refractivity (Wildman–Crippen MR) is 130 cm³/mol. The van der Waals surface area contributed by atoms with Crippen LogP contribution >= 0.6 is 22.9 Å². The third kappa shape index (κ3) is 6.52. The lowest BCUT2D eigenvalue weighted by atomic mass is 9.97. The zero-order chi connectivity index (χ0) is 25.7. The molecule has 3 heterocycles. The van der Waals surface area contributed by atoms with Gasteiger partial charge in [0.2, 0.25) is 5.91 Å². The van der Waals surface area contributed by atoms with E-state index in [0.29, 0.717) is 48.9 Å². The normalized spacial score (nSPS) is 14.9. The molecular formula is C24H22ClF3N4O3S. The molecule has 0 N–H and O–H groups in total. The standard InChI is InChI=1S/C24H22ClF3N4O3S/c25-18-10-20(24(26,27)28)23(34)32(12-18)13-21(33)31-8-6-17(7-9-31)22-30-19(15-36-22)11-29-35-14-16-4-2-1-3-5-16/h1-5,10-12,15,17H,6-9,13-14H2/b29-11+. The lowest BCUT2D eigenvalue weighted by Gasteiger charge is -2.31. The number of rotatable bonds is 7. The van der Waals surface area contributed by atoms with E-state index in [1.54, 1.807) is 11.1 Å². The molecule has 1 aliphatic heterocycles. The summed E-state index contributed by atoms with van der Waals surface area (Å²) in [6.07, 6.45) is -0.945. The van der Waals surface area contributed by atoms with E-state index >= 15 is 0 Å². The molecule has 2 aromatic heterocycles. The Balaban J connectivity index is 1.30. The molecule has 1 saturated heterocycles. The first-order valence-electron chi connectivity index (χ1n) is 11.1. The van der Waals surface area contributed by atoms with E-state index in [4.69, 9.17) is 16.4 Å². The van der Waals surface area contributed by atoms with E-state index in [-0.39, 0.29) is 10.9 Å². The van der Waals surface area contributed by atoms with Gasteiger partial charge in [0.05, 0.1) is 21.9 Å². The number of alkyl halides is 3. The Bertz CT molecular complexity index is 1290. The van der Waals surface area contributed by atoms with Crippen LogP contribution < -0.4 is 5.56 Å². The van der Waals surface area contributed by atoms with Crippen molar-refractivity contribution in [2.24, 2.45) is 5.16 Å². The van der Waals surface area contributed by atoms with Crippen molar-refractivity contribution in [3.63, 3.8) is 0 Å². The summed E-state index contributed by atoms with van der Waals surface area (Å²) in [5, 5.41) is 6.51. The molecule has 0 saturated carbocycles. The van der Waals surface area contributed by atoms with E-state index < -0.39 is 29.8 Å². The van der Waals surface area contributed by atoms with Crippen LogP contribution in [0.4, 0.5) is 13.2 Å². The summed E-state index contributed by atoms with van der Waals surface area (Å²) in [6.45, 7) is 0.676. The minimum absolute atomic E-state index is 0.150. The van der Waals surface area contributed by atoms with E-state index in [2.05, 4.69) is 10.1 Å². The topological polar surface area (TPSA) is 76.8 Å². The quantitative estimate of drug-likeness (QED) is 0.315. The van der Waals surface area contributed by atoms with E-state index in [1.165, 1.54) is 11.3 Å². The highest BCUT2D eigenvalue weighted by Crippen LogP contribution is 2.31. The van der Waals surface area contributed by atoms with Gasteiger partial charge in [0.25, 0.3) is 5.56 Å². The zero-order valence-electron chi connectivity index (χ0n) is 18.9. The van der Waals surface area contributed by atoms with Gasteiger partial charge in [-0.05, 0) is 24.5 Å². The van der Waals surface area contributed by atoms with Gasteiger partial charge in [-0.3, -0.25) is 9.59 Å². The molecule has 0 radical (unpaired) electrons. The third-order valence-corrected chi connectivity index (χ3v) is 6.97. The maximum absolute atomic E-state index is 13.1. The first-order chi connectivity index (χ1) is 17.2. The molecule has 0 spiro atoms. The van der Waals surface area contributed by atoms with Gasteiger partial charge in [-0.25, -0.2) is 4.98 Å². The summed E-state index contributed by atoms with van der Waals surface area (Å²) in [5.41, 5.74) is -0.992. The molecule has 1 amide bonds. The van der Waals surface area contributed by atoms with Gasteiger partial charge in [-0.2, -0.15) is 13.2 Å². The second kappa shape index (κ2) is 11.3. The Hall–Kier alpha value is -3.18. The van der Waals surface area contributed by atoms with Gasteiger partial charge in [0.15, 0.2) is 0 Å². The molecule has 0 atom stereocenters. The van der Waals surface area contributed by atoms with Crippen molar-refractivity contribution in [2.45, 2.75) is 38.1 Å². The van der Waals surface area contributed by atoms with E-state index in [0.717, 1.165) is 16.8 Å². The Morgan fingerprint density at radius 1 is 1.25 bits per heavy atom. The van der Waals surface area contributed by atoms with Crippen LogP contribution in [-0.2, 0) is 29.0 Å². The summed E-state index contributed by atoms with van der Waals surface area (Å²) in [5.74, 6) is -0.286. The number of halogens is 4. The number of pyridine rings is 1. The SMILES string of the molecule is O=C(Cn1cc(Cl)cc(C(F)(F)F)c1=O)N1CCC(c2nc(/C=N/OCc3ccccc3)cs2)CC1. The molecule has 0 bridgehead atoms. The maximum Gasteiger partial charge on any atom is 0.421 e. The molecule has 4 rings (SSSR count). The van der Waals surface area contributed by atoms with Crippen LogP contribution in [0.15, 0.2) is 57.9 Å². The summed E-state index contributed by atoms with van der Waals surface area (Å²) >= 11 is 7.25. The second-order valence-corrected chi connectivity index (χ2v) is 9.59. The zero-order valence-corrected chi connectivity index (χ0v) is 20.5. The van der Waals surface area contributed by atoms with Crippen LogP contribution in [0.2, 0.25) is 5.02 Å². The van der Waals surface area contributed by atoms with Crippen LogP contribution in [0.3, 0.4) is 0 Å². The van der Waals surface area contributed by atoms with Crippen molar-refractivity contribution < 1.29 is 22.8 Å². The number of oxime groups is 1. The van der Waals surface area contributed by atoms with Gasteiger partial charge in [-0.15, -0.1) is 11.3 Å². The summed E-state index contributed by atoms with van der Waals surface area (Å²) < 4.78 is 39.9. The minimum Gasteiger partial charge on any atom is -0.391 e. The lowest BCUT2D eigenvalue weighted by molar-refractivity contribution is -0.139. The van der Waals surface area contributed by atoms with Crippen molar-refractivity contribution in [1.29, 1.82) is 0 Å². The number of hydrogen-bond donors (Lipinski definition) is 0. The van der Waals surface area contributed by atoms with Crippen LogP contribution in [0.25, 0.3) is 0 Å². The molecule has 1 fully saturated rings. The molecule has 7 nitrogen and oxygen atoms in total. The van der Waals surface area contributed by atoms with Crippen LogP contribution in [0, 0.1) is 0 Å². The monoisotopic (exact) mass is 538 g/mol. The summed E-state index contributed by atoms with van der Waals surface area (Å²) in [4.78, 5) is 36.3. The summed E-state index contributed by atoms with van der Waals surface area (Å²) in [6, 6.07) is 10.2.